The van der Waals surface area contributed by atoms with Gasteiger partial charge in [-0.25, -0.2) is 4.39 Å². The van der Waals surface area contributed by atoms with Gasteiger partial charge >= 0.3 is 0 Å². The van der Waals surface area contributed by atoms with Gasteiger partial charge in [0.1, 0.15) is 5.82 Å². The molecule has 1 aromatic carbocycles. The van der Waals surface area contributed by atoms with Gasteiger partial charge in [0.05, 0.1) is 0 Å². The zero-order chi connectivity index (χ0) is 15.6. The summed E-state index contributed by atoms with van der Waals surface area (Å²) in [7, 11) is 2.11. The molecule has 1 saturated carbocycles. The molecule has 118 valence electrons. The number of hydrogen-bond donors (Lipinski definition) is 1. The Hall–Kier alpha value is -0.930. The van der Waals surface area contributed by atoms with Crippen LogP contribution in [0, 0.1) is 17.7 Å². The third-order valence-electron chi connectivity index (χ3n) is 5.96. The van der Waals surface area contributed by atoms with E-state index >= 15 is 0 Å². The summed E-state index contributed by atoms with van der Waals surface area (Å²) in [6, 6.07) is 7.11. The smallest absolute Gasteiger partial charge is 0.127 e. The average molecular weight is 292 g/mol. The van der Waals surface area contributed by atoms with E-state index in [4.69, 9.17) is 5.73 Å². The van der Waals surface area contributed by atoms with Crippen molar-refractivity contribution < 1.29 is 4.39 Å². The first-order valence-corrected chi connectivity index (χ1v) is 8.11. The van der Waals surface area contributed by atoms with Crippen molar-refractivity contribution >= 4 is 0 Å². The minimum absolute atomic E-state index is 0.0284. The van der Waals surface area contributed by atoms with Crippen LogP contribution in [-0.2, 0) is 0 Å². The topological polar surface area (TPSA) is 29.3 Å². The van der Waals surface area contributed by atoms with Crippen molar-refractivity contribution in [3.05, 3.63) is 35.6 Å². The fraction of sp³-hybridized carbons (Fsp3) is 0.667. The van der Waals surface area contributed by atoms with Crippen LogP contribution in [0.5, 0.6) is 0 Å². The van der Waals surface area contributed by atoms with Gasteiger partial charge in [-0.15, -0.1) is 0 Å². The first-order chi connectivity index (χ1) is 9.94. The minimum Gasteiger partial charge on any atom is -0.329 e. The summed E-state index contributed by atoms with van der Waals surface area (Å²) >= 11 is 0. The predicted molar refractivity (Wildman–Crippen MR) is 86.5 cm³/mol. The molecular weight excluding hydrogens is 263 g/mol. The Labute approximate surface area is 128 Å². The molecule has 4 atom stereocenters. The fourth-order valence-corrected chi connectivity index (χ4v) is 4.08. The van der Waals surface area contributed by atoms with Gasteiger partial charge < -0.3 is 5.73 Å². The molecule has 0 heterocycles. The van der Waals surface area contributed by atoms with Crippen LogP contribution in [0.25, 0.3) is 0 Å². The normalized spacial score (nSPS) is 31.4. The van der Waals surface area contributed by atoms with E-state index in [0.717, 1.165) is 12.0 Å². The summed E-state index contributed by atoms with van der Waals surface area (Å²) in [5.41, 5.74) is 6.94. The summed E-state index contributed by atoms with van der Waals surface area (Å²) in [6.07, 6.45) is 3.58. The van der Waals surface area contributed by atoms with Gasteiger partial charge in [-0.1, -0.05) is 44.9 Å². The number of rotatable bonds is 4. The molecule has 4 unspecified atom stereocenters. The van der Waals surface area contributed by atoms with Crippen molar-refractivity contribution in [1.29, 1.82) is 0 Å². The molecule has 1 fully saturated rings. The Morgan fingerprint density at radius 1 is 1.38 bits per heavy atom. The summed E-state index contributed by atoms with van der Waals surface area (Å²) < 4.78 is 14.1. The molecule has 1 aliphatic rings. The zero-order valence-electron chi connectivity index (χ0n) is 13.8. The lowest BCUT2D eigenvalue weighted by Crippen LogP contribution is -2.60. The first kappa shape index (κ1) is 16.4. The van der Waals surface area contributed by atoms with E-state index in [9.17, 15) is 4.39 Å². The van der Waals surface area contributed by atoms with Crippen LogP contribution in [0.2, 0.25) is 0 Å². The Morgan fingerprint density at radius 3 is 2.67 bits per heavy atom. The van der Waals surface area contributed by atoms with Crippen LogP contribution < -0.4 is 5.73 Å². The van der Waals surface area contributed by atoms with E-state index in [2.05, 4.69) is 32.7 Å². The second kappa shape index (κ2) is 6.45. The van der Waals surface area contributed by atoms with Gasteiger partial charge in [-0.2, -0.15) is 0 Å². The van der Waals surface area contributed by atoms with Crippen LogP contribution in [-0.4, -0.2) is 24.0 Å². The van der Waals surface area contributed by atoms with Gasteiger partial charge in [0.2, 0.25) is 0 Å². The van der Waals surface area contributed by atoms with Crippen LogP contribution in [0.1, 0.15) is 51.6 Å². The standard InChI is InChI=1S/C18H29FN2/c1-13-8-7-11-18(12-20,14(13)2)21(4)15(3)16-9-5-6-10-17(16)19/h5-6,9-10,13-15H,7-8,11-12,20H2,1-4H3. The lowest BCUT2D eigenvalue weighted by molar-refractivity contribution is -0.0173. The Kier molecular flexibility index (Phi) is 5.05. The molecule has 0 aromatic heterocycles. The highest BCUT2D eigenvalue weighted by Gasteiger charge is 2.45. The predicted octanol–water partition coefficient (Wildman–Crippen LogP) is 3.97. The highest BCUT2D eigenvalue weighted by molar-refractivity contribution is 5.21. The van der Waals surface area contributed by atoms with Gasteiger partial charge in [0.15, 0.2) is 0 Å². The molecule has 21 heavy (non-hydrogen) atoms. The molecule has 1 aliphatic carbocycles. The Morgan fingerprint density at radius 2 is 2.05 bits per heavy atom. The molecule has 2 N–H and O–H groups in total. The van der Waals surface area contributed by atoms with Gasteiger partial charge in [-0.05, 0) is 38.3 Å². The molecule has 3 heteroatoms. The molecular formula is C18H29FN2. The zero-order valence-corrected chi connectivity index (χ0v) is 13.8. The van der Waals surface area contributed by atoms with Crippen molar-refractivity contribution in [3.8, 4) is 0 Å². The van der Waals surface area contributed by atoms with Crippen LogP contribution >= 0.6 is 0 Å². The van der Waals surface area contributed by atoms with Gasteiger partial charge in [-0.3, -0.25) is 4.90 Å². The van der Waals surface area contributed by atoms with E-state index in [1.54, 1.807) is 12.1 Å². The fourth-order valence-electron chi connectivity index (χ4n) is 4.08. The number of hydrogen-bond acceptors (Lipinski definition) is 2. The number of nitrogens with two attached hydrogens (primary N) is 1. The molecule has 0 aliphatic heterocycles. The number of benzene rings is 1. The van der Waals surface area contributed by atoms with E-state index in [0.29, 0.717) is 18.4 Å². The maximum Gasteiger partial charge on any atom is 0.127 e. The maximum atomic E-state index is 14.1. The third-order valence-corrected chi connectivity index (χ3v) is 5.96. The van der Waals surface area contributed by atoms with Crippen molar-refractivity contribution in [1.82, 2.24) is 4.90 Å². The lowest BCUT2D eigenvalue weighted by atomic mass is 9.67. The Balaban J connectivity index is 2.31. The molecule has 2 rings (SSSR count). The molecule has 0 bridgehead atoms. The Bertz CT molecular complexity index is 476. The summed E-state index contributed by atoms with van der Waals surface area (Å²) in [5.74, 6) is 1.06. The van der Waals surface area contributed by atoms with E-state index in [-0.39, 0.29) is 17.4 Å². The minimum atomic E-state index is -0.125. The van der Waals surface area contributed by atoms with Gasteiger partial charge in [0.25, 0.3) is 0 Å². The summed E-state index contributed by atoms with van der Waals surface area (Å²) in [6.45, 7) is 7.34. The van der Waals surface area contributed by atoms with E-state index in [1.807, 2.05) is 12.1 Å². The highest BCUT2D eigenvalue weighted by Crippen LogP contribution is 2.43. The third kappa shape index (κ3) is 2.86. The molecule has 0 amide bonds. The summed E-state index contributed by atoms with van der Waals surface area (Å²) in [4.78, 5) is 2.33. The molecule has 2 nitrogen and oxygen atoms in total. The van der Waals surface area contributed by atoms with Crippen LogP contribution in [0.3, 0.4) is 0 Å². The monoisotopic (exact) mass is 292 g/mol. The van der Waals surface area contributed by atoms with Crippen molar-refractivity contribution in [2.45, 2.75) is 51.6 Å². The number of halogens is 1. The number of nitrogens with zero attached hydrogens (tertiary/aromatic N) is 1. The summed E-state index contributed by atoms with van der Waals surface area (Å²) in [5, 5.41) is 0. The van der Waals surface area contributed by atoms with Crippen LogP contribution in [0.4, 0.5) is 4.39 Å². The second-order valence-electron chi connectivity index (χ2n) is 6.77. The van der Waals surface area contributed by atoms with Crippen molar-refractivity contribution in [2.24, 2.45) is 17.6 Å². The quantitative estimate of drug-likeness (QED) is 0.909. The lowest BCUT2D eigenvalue weighted by Gasteiger charge is -2.53. The first-order valence-electron chi connectivity index (χ1n) is 8.11. The molecule has 1 aromatic rings. The SMILES string of the molecule is CC1CCCC(CN)(N(C)C(C)c2ccccc2F)C1C. The van der Waals surface area contributed by atoms with E-state index in [1.165, 1.54) is 12.8 Å². The van der Waals surface area contributed by atoms with Crippen LogP contribution in [0.15, 0.2) is 24.3 Å². The molecule has 0 spiro atoms. The molecule has 0 saturated heterocycles. The average Bonchev–Trinajstić information content (AvgIpc) is 2.49. The largest absolute Gasteiger partial charge is 0.329 e. The second-order valence-corrected chi connectivity index (χ2v) is 6.77. The number of likely N-dealkylation sites (N-methyl/N-ethyl adjacent to an activating group) is 1. The van der Waals surface area contributed by atoms with Crippen molar-refractivity contribution in [2.75, 3.05) is 13.6 Å². The van der Waals surface area contributed by atoms with Crippen molar-refractivity contribution in [3.63, 3.8) is 0 Å². The van der Waals surface area contributed by atoms with E-state index < -0.39 is 0 Å². The van der Waals surface area contributed by atoms with Gasteiger partial charge in [0, 0.05) is 23.7 Å². The maximum absolute atomic E-state index is 14.1. The highest BCUT2D eigenvalue weighted by atomic mass is 19.1. The molecule has 0 radical (unpaired) electrons.